The van der Waals surface area contributed by atoms with Gasteiger partial charge in [0.15, 0.2) is 15.0 Å². The molecule has 12 heteroatoms. The molecule has 1 saturated carbocycles. The van der Waals surface area contributed by atoms with Gasteiger partial charge in [-0.1, -0.05) is 47.5 Å². The molecule has 42 heavy (non-hydrogen) atoms. The van der Waals surface area contributed by atoms with E-state index < -0.39 is 37.4 Å². The molecule has 0 aromatic heterocycles. The molecule has 0 heterocycles. The van der Waals surface area contributed by atoms with Crippen molar-refractivity contribution in [2.24, 2.45) is 0 Å². The molecule has 1 aromatic carbocycles. The first kappa shape index (κ1) is 35.5. The van der Waals surface area contributed by atoms with Gasteiger partial charge in [0.2, 0.25) is 0 Å². The number of rotatable bonds is 17. The van der Waals surface area contributed by atoms with E-state index in [1.54, 1.807) is 6.07 Å². The van der Waals surface area contributed by atoms with Crippen molar-refractivity contribution in [1.29, 1.82) is 0 Å². The molecular formula is C30H50N2O9Si. The van der Waals surface area contributed by atoms with Gasteiger partial charge in [-0.25, -0.2) is 0 Å². The fourth-order valence-electron chi connectivity index (χ4n) is 4.19. The lowest BCUT2D eigenvalue weighted by molar-refractivity contribution is -0.385. The number of ether oxygens (including phenoxy) is 3. The maximum atomic E-state index is 12.8. The van der Waals surface area contributed by atoms with Crippen LogP contribution >= 0.6 is 0 Å². The molecule has 0 amide bonds. The lowest BCUT2D eigenvalue weighted by Crippen LogP contribution is -2.40. The monoisotopic (exact) mass is 610 g/mol. The summed E-state index contributed by atoms with van der Waals surface area (Å²) < 4.78 is 23.4. The van der Waals surface area contributed by atoms with Crippen LogP contribution in [0.4, 0.5) is 11.4 Å². The summed E-state index contributed by atoms with van der Waals surface area (Å²) in [5.41, 5.74) is 0.440. The molecule has 0 aliphatic heterocycles. The summed E-state index contributed by atoms with van der Waals surface area (Å²) in [6.07, 6.45) is 3.88. The van der Waals surface area contributed by atoms with Gasteiger partial charge in [-0.15, -0.1) is 0 Å². The van der Waals surface area contributed by atoms with E-state index >= 15 is 0 Å². The molecule has 1 fully saturated rings. The van der Waals surface area contributed by atoms with E-state index in [0.717, 1.165) is 19.3 Å². The summed E-state index contributed by atoms with van der Waals surface area (Å²) in [5, 5.41) is 22.6. The second-order valence-corrected chi connectivity index (χ2v) is 17.2. The predicted molar refractivity (Wildman–Crippen MR) is 163 cm³/mol. The number of hydrogen-bond donors (Lipinski definition) is 1. The lowest BCUT2D eigenvalue weighted by atomic mass is 10.1. The fourth-order valence-corrected chi connectivity index (χ4v) is 5.13. The maximum Gasteiger partial charge on any atom is 0.325 e. The zero-order chi connectivity index (χ0) is 31.5. The van der Waals surface area contributed by atoms with Crippen LogP contribution in [0.1, 0.15) is 91.5 Å². The van der Waals surface area contributed by atoms with Gasteiger partial charge in [0, 0.05) is 6.42 Å². The molecule has 1 N–H and O–H groups in total. The van der Waals surface area contributed by atoms with Crippen LogP contribution in [0.2, 0.25) is 18.1 Å². The van der Waals surface area contributed by atoms with Gasteiger partial charge in [-0.3, -0.25) is 19.7 Å². The first-order valence-corrected chi connectivity index (χ1v) is 18.0. The second-order valence-electron chi connectivity index (χ2n) is 12.4. The second kappa shape index (κ2) is 16.2. The third kappa shape index (κ3) is 10.5. The fraction of sp³-hybridized carbons (Fsp3) is 0.733. The van der Waals surface area contributed by atoms with Crippen molar-refractivity contribution in [2.45, 2.75) is 123 Å². The van der Waals surface area contributed by atoms with Gasteiger partial charge >= 0.3 is 11.9 Å². The highest BCUT2D eigenvalue weighted by Gasteiger charge is 2.38. The van der Waals surface area contributed by atoms with Gasteiger partial charge in [0.05, 0.1) is 41.6 Å². The number of carbonyl (C=O) groups is 2. The van der Waals surface area contributed by atoms with Crippen molar-refractivity contribution in [3.8, 4) is 5.75 Å². The first-order valence-electron chi connectivity index (χ1n) is 15.1. The molecular weight excluding hydrogens is 560 g/mol. The number of hydrogen-bond acceptors (Lipinski definition) is 10. The van der Waals surface area contributed by atoms with Crippen LogP contribution in [-0.2, 0) is 30.1 Å². The Morgan fingerprint density at radius 2 is 1.79 bits per heavy atom. The van der Waals surface area contributed by atoms with Gasteiger partial charge in [-0.2, -0.15) is 0 Å². The van der Waals surface area contributed by atoms with Gasteiger partial charge < -0.3 is 28.6 Å². The molecule has 238 valence electrons. The molecule has 1 aliphatic carbocycles. The van der Waals surface area contributed by atoms with Crippen molar-refractivity contribution in [1.82, 2.24) is 0 Å². The summed E-state index contributed by atoms with van der Waals surface area (Å²) >= 11 is 0. The standard InChI is InChI=1S/C30H50N2O9Si/c1-8-10-15-28(34)39-21-31(19-29(35)38-16-11-9-2)24-17-22(20-40-42(6,7)30(3,4)5)23(32(36)37)18-27(24)41-26-14-12-13-25(26)33/h17-18,25-26,33H,8-16,19-21H2,1-7H3/t25-,26-/m0/s1. The molecule has 2 rings (SSSR count). The van der Waals surface area contributed by atoms with E-state index in [0.29, 0.717) is 36.9 Å². The molecule has 2 atom stereocenters. The highest BCUT2D eigenvalue weighted by atomic mass is 28.4. The van der Waals surface area contributed by atoms with Crippen molar-refractivity contribution >= 4 is 31.6 Å². The van der Waals surface area contributed by atoms with Crippen molar-refractivity contribution in [3.05, 3.63) is 27.8 Å². The Bertz CT molecular complexity index is 1060. The number of aliphatic hydroxyl groups is 1. The molecule has 11 nitrogen and oxygen atoms in total. The third-order valence-corrected chi connectivity index (χ3v) is 12.5. The summed E-state index contributed by atoms with van der Waals surface area (Å²) in [4.78, 5) is 38.5. The van der Waals surface area contributed by atoms with Crippen LogP contribution in [-0.4, -0.2) is 62.4 Å². The molecule has 0 unspecified atom stereocenters. The number of carbonyl (C=O) groups excluding carboxylic acids is 2. The molecule has 1 aromatic rings. The number of esters is 2. The number of nitrogens with zero attached hydrogens (tertiary/aromatic N) is 2. The number of unbranched alkanes of at least 4 members (excludes halogenated alkanes) is 2. The highest BCUT2D eigenvalue weighted by Crippen LogP contribution is 2.41. The van der Waals surface area contributed by atoms with E-state index in [-0.39, 0.29) is 49.4 Å². The molecule has 0 spiro atoms. The van der Waals surface area contributed by atoms with Gasteiger partial charge in [0.1, 0.15) is 18.4 Å². The topological polar surface area (TPSA) is 138 Å². The van der Waals surface area contributed by atoms with Crippen LogP contribution < -0.4 is 9.64 Å². The number of aliphatic hydroxyl groups excluding tert-OH is 1. The van der Waals surface area contributed by atoms with Crippen LogP contribution in [0, 0.1) is 10.1 Å². The average molecular weight is 611 g/mol. The van der Waals surface area contributed by atoms with E-state index in [4.69, 9.17) is 18.6 Å². The van der Waals surface area contributed by atoms with Gasteiger partial charge in [0.25, 0.3) is 5.69 Å². The molecule has 0 radical (unpaired) electrons. The van der Waals surface area contributed by atoms with Crippen LogP contribution in [0.3, 0.4) is 0 Å². The lowest BCUT2D eigenvalue weighted by Gasteiger charge is -2.36. The number of benzene rings is 1. The van der Waals surface area contributed by atoms with Crippen LogP contribution in [0.15, 0.2) is 12.1 Å². The average Bonchev–Trinajstić information content (AvgIpc) is 3.32. The maximum absolute atomic E-state index is 12.8. The minimum Gasteiger partial charge on any atom is -0.485 e. The summed E-state index contributed by atoms with van der Waals surface area (Å²) in [6, 6.07) is 2.89. The zero-order valence-electron chi connectivity index (χ0n) is 26.4. The number of nitro benzene ring substituents is 1. The Balaban J connectivity index is 2.56. The van der Waals surface area contributed by atoms with Gasteiger partial charge in [-0.05, 0) is 56.3 Å². The molecule has 0 saturated heterocycles. The number of nitro groups is 1. The predicted octanol–water partition coefficient (Wildman–Crippen LogP) is 6.25. The van der Waals surface area contributed by atoms with Crippen molar-refractivity contribution < 1.29 is 38.3 Å². The number of anilines is 1. The minimum absolute atomic E-state index is 0.0167. The third-order valence-electron chi connectivity index (χ3n) is 7.99. The summed E-state index contributed by atoms with van der Waals surface area (Å²) in [6.45, 7) is 14.0. The minimum atomic E-state index is -2.27. The van der Waals surface area contributed by atoms with E-state index in [1.165, 1.54) is 11.0 Å². The smallest absolute Gasteiger partial charge is 0.325 e. The Morgan fingerprint density at radius 3 is 2.36 bits per heavy atom. The van der Waals surface area contributed by atoms with Crippen molar-refractivity contribution in [2.75, 3.05) is 24.8 Å². The molecule has 1 aliphatic rings. The first-order chi connectivity index (χ1) is 19.7. The Hall–Kier alpha value is -2.70. The Labute approximate surface area is 251 Å². The molecule has 0 bridgehead atoms. The van der Waals surface area contributed by atoms with Crippen LogP contribution in [0.5, 0.6) is 5.75 Å². The SMILES string of the molecule is CCCCOC(=O)CN(COC(=O)CCCC)c1cc(CO[Si](C)(C)C(C)(C)C)c([N+](=O)[O-])cc1O[C@H]1CCC[C@@H]1O. The summed E-state index contributed by atoms with van der Waals surface area (Å²) in [7, 11) is -2.27. The largest absolute Gasteiger partial charge is 0.485 e. The summed E-state index contributed by atoms with van der Waals surface area (Å²) in [5.74, 6) is -0.828. The Morgan fingerprint density at radius 1 is 1.10 bits per heavy atom. The van der Waals surface area contributed by atoms with E-state index in [1.807, 2.05) is 13.8 Å². The highest BCUT2D eigenvalue weighted by molar-refractivity contribution is 6.74. The van der Waals surface area contributed by atoms with Crippen LogP contribution in [0.25, 0.3) is 0 Å². The van der Waals surface area contributed by atoms with E-state index in [2.05, 4.69) is 33.9 Å². The van der Waals surface area contributed by atoms with Crippen molar-refractivity contribution in [3.63, 3.8) is 0 Å². The Kier molecular flexibility index (Phi) is 13.7. The van der Waals surface area contributed by atoms with E-state index in [9.17, 15) is 24.8 Å². The quantitative estimate of drug-likeness (QED) is 0.0538. The zero-order valence-corrected chi connectivity index (χ0v) is 27.4. The normalized spacial score (nSPS) is 17.1.